The molecule has 4 atom stereocenters. The van der Waals surface area contributed by atoms with E-state index in [4.69, 9.17) is 29.4 Å². The molecule has 9 N–H and O–H groups in total. The van der Waals surface area contributed by atoms with Crippen LogP contribution in [0.3, 0.4) is 0 Å². The van der Waals surface area contributed by atoms with E-state index < -0.39 is 72.2 Å². The van der Waals surface area contributed by atoms with Gasteiger partial charge in [-0.25, -0.2) is 19.2 Å². The number of amides is 8. The van der Waals surface area contributed by atoms with Crippen LogP contribution in [0.15, 0.2) is 199 Å². The molecular weight excluding hydrogens is 1190 g/mol. The summed E-state index contributed by atoms with van der Waals surface area (Å²) < 4.78 is 27.9. The molecule has 93 heavy (non-hydrogen) atoms. The van der Waals surface area contributed by atoms with Gasteiger partial charge in [-0.05, 0) is 108 Å². The summed E-state index contributed by atoms with van der Waals surface area (Å²) in [6, 6.07) is 52.7. The van der Waals surface area contributed by atoms with Crippen molar-refractivity contribution in [3.63, 3.8) is 0 Å². The van der Waals surface area contributed by atoms with E-state index in [1.807, 2.05) is 98.8 Å². The van der Waals surface area contributed by atoms with Crippen LogP contribution < -0.4 is 47.7 Å². The van der Waals surface area contributed by atoms with Crippen molar-refractivity contribution in [1.82, 2.24) is 37.2 Å². The summed E-state index contributed by atoms with van der Waals surface area (Å²) >= 11 is 0. The Hall–Kier alpha value is -11.0. The first kappa shape index (κ1) is 69.4. The van der Waals surface area contributed by atoms with Gasteiger partial charge in [0.25, 0.3) is 0 Å². The minimum absolute atomic E-state index is 0.00138. The summed E-state index contributed by atoms with van der Waals surface area (Å²) in [4.78, 5) is 114. The zero-order chi connectivity index (χ0) is 66.0. The molecule has 0 fully saturated rings. The monoisotopic (exact) mass is 1270 g/mol. The smallest absolute Gasteiger partial charge is 0.437 e. The van der Waals surface area contributed by atoms with Gasteiger partial charge in [0.15, 0.2) is 0 Å². The highest BCUT2D eigenvalue weighted by molar-refractivity contribution is 5.99. The van der Waals surface area contributed by atoms with Crippen molar-refractivity contribution in [3.8, 4) is 5.75 Å². The van der Waals surface area contributed by atoms with Gasteiger partial charge in [0.1, 0.15) is 63.0 Å². The lowest BCUT2D eigenvalue weighted by Crippen LogP contribution is -2.58. The average Bonchev–Trinajstić information content (AvgIpc) is 0.946. The van der Waals surface area contributed by atoms with E-state index in [2.05, 4.69) is 42.2 Å². The Balaban J connectivity index is 1.13. The minimum atomic E-state index is -1.44. The largest absolute Gasteiger partial charge is 0.489 e. The highest BCUT2D eigenvalue weighted by Crippen LogP contribution is 2.25. The summed E-state index contributed by atoms with van der Waals surface area (Å²) in [5.74, 6) is -2.96. The average molecular weight is 1270 g/mol. The molecule has 486 valence electrons. The molecular formula is C71H79N9O13. The third kappa shape index (κ3) is 25.4. The number of primary amides is 1. The van der Waals surface area contributed by atoms with Crippen LogP contribution in [0, 0.1) is 13.8 Å². The second kappa shape index (κ2) is 37.8. The van der Waals surface area contributed by atoms with Crippen LogP contribution in [0.25, 0.3) is 0 Å². The van der Waals surface area contributed by atoms with Crippen LogP contribution >= 0.6 is 0 Å². The maximum absolute atomic E-state index is 15.2. The van der Waals surface area contributed by atoms with Gasteiger partial charge in [-0.15, -0.1) is 4.99 Å². The number of benzene rings is 7. The van der Waals surface area contributed by atoms with Crippen molar-refractivity contribution >= 4 is 54.0 Å². The van der Waals surface area contributed by atoms with Crippen LogP contribution in [0.2, 0.25) is 0 Å². The minimum Gasteiger partial charge on any atom is -0.489 e. The van der Waals surface area contributed by atoms with Gasteiger partial charge in [-0.2, -0.15) is 0 Å². The Morgan fingerprint density at radius 3 is 1.31 bits per heavy atom. The fourth-order valence-corrected chi connectivity index (χ4v) is 9.61. The molecule has 0 bridgehead atoms. The lowest BCUT2D eigenvalue weighted by Gasteiger charge is -2.27. The fraction of sp³-hybridized carbons (Fsp3) is 0.282. The Labute approximate surface area is 540 Å². The van der Waals surface area contributed by atoms with Crippen LogP contribution in [-0.2, 0) is 84.0 Å². The van der Waals surface area contributed by atoms with E-state index in [0.29, 0.717) is 51.1 Å². The van der Waals surface area contributed by atoms with E-state index in [9.17, 15) is 28.8 Å². The van der Waals surface area contributed by atoms with Gasteiger partial charge in [-0.1, -0.05) is 182 Å². The number of nitrogens with two attached hydrogens (primary N) is 1. The number of alkyl carbamates (subject to hydrolysis) is 3. The number of carbonyl (C=O) groups is 8. The second-order valence-corrected chi connectivity index (χ2v) is 21.8. The maximum Gasteiger partial charge on any atom is 0.437 e. The third-order valence-corrected chi connectivity index (χ3v) is 14.6. The molecule has 8 amide bonds. The number of aryl methyl sites for hydroxylation is 2. The number of hydrogen-bond acceptors (Lipinski definition) is 13. The predicted octanol–water partition coefficient (Wildman–Crippen LogP) is 8.99. The molecule has 0 saturated heterocycles. The van der Waals surface area contributed by atoms with Crippen molar-refractivity contribution in [2.75, 3.05) is 13.1 Å². The molecule has 0 heterocycles. The number of carbonyl (C=O) groups excluding carboxylic acids is 8. The van der Waals surface area contributed by atoms with Crippen molar-refractivity contribution in [2.24, 2.45) is 10.7 Å². The molecule has 22 nitrogen and oxygen atoms in total. The number of guanidine groups is 1. The number of unbranched alkanes of at least 4 members (excludes halogenated alkanes) is 1. The highest BCUT2D eigenvalue weighted by Gasteiger charge is 2.32. The Morgan fingerprint density at radius 1 is 0.409 bits per heavy atom. The number of hydrogen-bond donors (Lipinski definition) is 8. The summed E-state index contributed by atoms with van der Waals surface area (Å²) in [5.41, 5.74) is 12.5. The first-order valence-electron chi connectivity index (χ1n) is 30.6. The predicted molar refractivity (Wildman–Crippen MR) is 349 cm³/mol. The van der Waals surface area contributed by atoms with Crippen molar-refractivity contribution in [1.29, 1.82) is 0 Å². The van der Waals surface area contributed by atoms with Gasteiger partial charge in [0, 0.05) is 25.9 Å². The van der Waals surface area contributed by atoms with Crippen molar-refractivity contribution in [2.45, 2.75) is 116 Å². The van der Waals surface area contributed by atoms with Gasteiger partial charge in [0.2, 0.25) is 29.6 Å². The normalized spacial score (nSPS) is 12.2. The molecule has 7 aromatic carbocycles. The molecule has 0 radical (unpaired) electrons. The first-order chi connectivity index (χ1) is 45.1. The lowest BCUT2D eigenvalue weighted by atomic mass is 9.94. The molecule has 0 aliphatic carbocycles. The second-order valence-electron chi connectivity index (χ2n) is 21.8. The van der Waals surface area contributed by atoms with Crippen LogP contribution in [0.4, 0.5) is 19.2 Å². The molecule has 0 aliphatic rings. The van der Waals surface area contributed by atoms with E-state index >= 15 is 9.59 Å². The first-order valence-corrected chi connectivity index (χ1v) is 30.6. The third-order valence-electron chi connectivity index (χ3n) is 14.6. The molecule has 0 spiro atoms. The summed E-state index contributed by atoms with van der Waals surface area (Å²) in [6.45, 7) is 3.74. The van der Waals surface area contributed by atoms with E-state index in [1.165, 1.54) is 0 Å². The lowest BCUT2D eigenvalue weighted by molar-refractivity contribution is -0.133. The van der Waals surface area contributed by atoms with Gasteiger partial charge < -0.3 is 61.3 Å². The maximum atomic E-state index is 15.2. The Bertz CT molecular complexity index is 3530. The van der Waals surface area contributed by atoms with Crippen LogP contribution in [-0.4, -0.2) is 91.2 Å². The summed E-state index contributed by atoms with van der Waals surface area (Å²) in [6.07, 6.45) is -3.14. The molecule has 0 unspecified atom stereocenters. The van der Waals surface area contributed by atoms with Crippen LogP contribution in [0.1, 0.15) is 82.2 Å². The zero-order valence-electron chi connectivity index (χ0n) is 52.0. The SMILES string of the molecule is Cc1cc(OCc2ccccc2)cc(C)c1C[C@H](NC(=O)[C@@H](CCCN/C(=N\C(=O)OCc1ccccc1)NC(=O)OCc1ccccc1)NC(=O)OCc1ccccc1)C(=O)N[C@@H](CCCCNC(=O)OCc1ccccc1)C(=O)N[C@@H](Cc1ccccc1)C(N)=O. The molecule has 7 rings (SSSR count). The van der Waals surface area contributed by atoms with Crippen molar-refractivity contribution in [3.05, 3.63) is 244 Å². The van der Waals surface area contributed by atoms with Gasteiger partial charge in [-0.3, -0.25) is 24.5 Å². The zero-order valence-corrected chi connectivity index (χ0v) is 52.0. The van der Waals surface area contributed by atoms with Crippen molar-refractivity contribution < 1.29 is 62.0 Å². The molecule has 22 heteroatoms. The fourth-order valence-electron chi connectivity index (χ4n) is 9.61. The topological polar surface area (TPSA) is 305 Å². The quantitative estimate of drug-likeness (QED) is 0.00845. The number of rotatable bonds is 32. The van der Waals surface area contributed by atoms with Gasteiger partial charge in [0.05, 0.1) is 0 Å². The number of ether oxygens (including phenoxy) is 5. The molecule has 0 aromatic heterocycles. The number of aliphatic imine (C=N–C) groups is 1. The van der Waals surface area contributed by atoms with E-state index in [-0.39, 0.29) is 90.6 Å². The standard InChI is InChI=1S/C71H79N9O13/c1-49-40-57(89-44-52-26-11-4-12-27-52)41-50(2)58(49)43-62(66(84)75-59(64(82)76-61(63(72)81)42-51-24-9-3-10-25-51)36-21-22-38-74-68(85)90-45-53-28-13-5-14-29-53)77-65(83)60(78-69(86)91-46-54-30-15-6-16-31-54)37-23-39-73-67(79-70(87)92-47-55-32-17-7-18-33-55)80-71(88)93-48-56-34-19-8-20-35-56/h3-20,24-35,40-41,59-62H,21-23,36-39,42-48H2,1-2H3,(H2,72,81)(H,74,85)(H,75,84)(H,76,82)(H,77,83)(H,78,86)(H2,73,79,80,87,88)/t59-,60+,61-,62-/m0/s1. The number of nitrogens with one attached hydrogen (secondary N) is 7. The number of nitrogens with zero attached hydrogens (tertiary/aromatic N) is 1. The molecule has 7 aromatic rings. The Morgan fingerprint density at radius 2 is 0.806 bits per heavy atom. The van der Waals surface area contributed by atoms with E-state index in [1.54, 1.807) is 109 Å². The highest BCUT2D eigenvalue weighted by atomic mass is 16.6. The van der Waals surface area contributed by atoms with E-state index in [0.717, 1.165) is 11.1 Å². The molecule has 0 aliphatic heterocycles. The van der Waals surface area contributed by atoms with Gasteiger partial charge >= 0.3 is 24.4 Å². The molecule has 0 saturated carbocycles. The summed E-state index contributed by atoms with van der Waals surface area (Å²) in [5, 5.41) is 19.2. The summed E-state index contributed by atoms with van der Waals surface area (Å²) in [7, 11) is 0. The Kier molecular flexibility index (Phi) is 28.3. The van der Waals surface area contributed by atoms with Crippen LogP contribution in [0.5, 0.6) is 5.75 Å².